The number of rotatable bonds is 5. The van der Waals surface area contributed by atoms with E-state index in [-0.39, 0.29) is 17.6 Å². The summed E-state index contributed by atoms with van der Waals surface area (Å²) in [6.45, 7) is 5.91. The Labute approximate surface area is 170 Å². The van der Waals surface area contributed by atoms with E-state index in [0.717, 1.165) is 18.8 Å². The summed E-state index contributed by atoms with van der Waals surface area (Å²) in [6.07, 6.45) is 1.32. The van der Waals surface area contributed by atoms with Gasteiger partial charge in [-0.15, -0.1) is 0 Å². The Morgan fingerprint density at radius 2 is 1.48 bits per heavy atom. The molecule has 0 saturated carbocycles. The predicted octanol–water partition coefficient (Wildman–Crippen LogP) is 3.12. The summed E-state index contributed by atoms with van der Waals surface area (Å²) >= 11 is 0. The van der Waals surface area contributed by atoms with Crippen LogP contribution in [-0.4, -0.2) is 48.7 Å². The van der Waals surface area contributed by atoms with Crippen LogP contribution in [0.25, 0.3) is 0 Å². The Kier molecular flexibility index (Phi) is 6.44. The Hall–Kier alpha value is -3.41. The number of benzene rings is 2. The average molecular weight is 391 g/mol. The van der Waals surface area contributed by atoms with Gasteiger partial charge < -0.3 is 15.1 Å². The van der Waals surface area contributed by atoms with E-state index in [1.807, 2.05) is 18.2 Å². The molecule has 3 rings (SSSR count). The highest BCUT2D eigenvalue weighted by Gasteiger charge is 2.22. The third-order valence-electron chi connectivity index (χ3n) is 4.93. The molecule has 0 aromatic heterocycles. The maximum absolute atomic E-state index is 12.7. The van der Waals surface area contributed by atoms with Crippen LogP contribution in [-0.2, 0) is 9.59 Å². The van der Waals surface area contributed by atoms with Crippen molar-refractivity contribution in [2.75, 3.05) is 36.4 Å². The van der Waals surface area contributed by atoms with Crippen molar-refractivity contribution >= 4 is 29.0 Å². The van der Waals surface area contributed by atoms with Crippen molar-refractivity contribution in [1.29, 1.82) is 0 Å². The van der Waals surface area contributed by atoms with Gasteiger partial charge in [-0.05, 0) is 50.2 Å². The first-order valence-corrected chi connectivity index (χ1v) is 9.63. The van der Waals surface area contributed by atoms with Gasteiger partial charge in [0.2, 0.25) is 11.8 Å². The minimum Gasteiger partial charge on any atom is -0.368 e. The fourth-order valence-electron chi connectivity index (χ4n) is 3.28. The quantitative estimate of drug-likeness (QED) is 0.628. The summed E-state index contributed by atoms with van der Waals surface area (Å²) in [5.41, 5.74) is 2.71. The van der Waals surface area contributed by atoms with Crippen LogP contribution < -0.4 is 10.2 Å². The maximum Gasteiger partial charge on any atom is 0.249 e. The lowest BCUT2D eigenvalue weighted by Crippen LogP contribution is -2.49. The van der Waals surface area contributed by atoms with Crippen LogP contribution in [0.3, 0.4) is 0 Å². The van der Waals surface area contributed by atoms with Gasteiger partial charge in [0.25, 0.3) is 0 Å². The number of hydrogen-bond acceptors (Lipinski definition) is 4. The SMILES string of the molecule is CC(=O)c1ccc(NC(=O)/C=C(/C)C(=O)N2CCN(c3ccccc3)CC2)cc1. The molecule has 0 atom stereocenters. The van der Waals surface area contributed by atoms with Crippen LogP contribution in [0, 0.1) is 0 Å². The zero-order valence-corrected chi connectivity index (χ0v) is 16.7. The summed E-state index contributed by atoms with van der Waals surface area (Å²) in [6, 6.07) is 16.8. The number of carbonyl (C=O) groups excluding carboxylic acids is 3. The van der Waals surface area contributed by atoms with Gasteiger partial charge >= 0.3 is 0 Å². The van der Waals surface area contributed by atoms with Crippen LogP contribution in [0.2, 0.25) is 0 Å². The minimum atomic E-state index is -0.366. The second kappa shape index (κ2) is 9.19. The topological polar surface area (TPSA) is 69.7 Å². The van der Waals surface area contributed by atoms with Crippen molar-refractivity contribution < 1.29 is 14.4 Å². The average Bonchev–Trinajstić information content (AvgIpc) is 2.74. The Bertz CT molecular complexity index is 912. The zero-order valence-electron chi connectivity index (χ0n) is 16.7. The fraction of sp³-hybridized carbons (Fsp3) is 0.261. The van der Waals surface area contributed by atoms with Crippen molar-refractivity contribution in [2.24, 2.45) is 0 Å². The van der Waals surface area contributed by atoms with E-state index in [9.17, 15) is 14.4 Å². The number of nitrogens with zero attached hydrogens (tertiary/aromatic N) is 2. The van der Waals surface area contributed by atoms with Crippen LogP contribution in [0.1, 0.15) is 24.2 Å². The molecule has 1 heterocycles. The molecule has 2 amide bonds. The molecule has 0 unspecified atom stereocenters. The third kappa shape index (κ3) is 5.31. The van der Waals surface area contributed by atoms with E-state index < -0.39 is 0 Å². The van der Waals surface area contributed by atoms with Crippen molar-refractivity contribution in [3.63, 3.8) is 0 Å². The number of para-hydroxylation sites is 1. The summed E-state index contributed by atoms with van der Waals surface area (Å²) in [4.78, 5) is 40.2. The Morgan fingerprint density at radius 1 is 0.862 bits per heavy atom. The number of piperazine rings is 1. The molecule has 150 valence electrons. The molecular weight excluding hydrogens is 366 g/mol. The summed E-state index contributed by atoms with van der Waals surface area (Å²) in [7, 11) is 0. The van der Waals surface area contributed by atoms with E-state index >= 15 is 0 Å². The lowest BCUT2D eigenvalue weighted by atomic mass is 10.1. The molecule has 29 heavy (non-hydrogen) atoms. The summed E-state index contributed by atoms with van der Waals surface area (Å²) in [5.74, 6) is -0.522. The first kappa shape index (κ1) is 20.3. The van der Waals surface area contributed by atoms with Crippen LogP contribution in [0.15, 0.2) is 66.2 Å². The second-order valence-electron chi connectivity index (χ2n) is 7.06. The zero-order chi connectivity index (χ0) is 20.8. The van der Waals surface area contributed by atoms with Crippen LogP contribution in [0.5, 0.6) is 0 Å². The van der Waals surface area contributed by atoms with Gasteiger partial charge in [-0.1, -0.05) is 18.2 Å². The minimum absolute atomic E-state index is 0.0309. The van der Waals surface area contributed by atoms with Gasteiger partial charge in [0.05, 0.1) is 0 Å². The van der Waals surface area contributed by atoms with E-state index in [1.54, 1.807) is 36.1 Å². The van der Waals surface area contributed by atoms with Crippen molar-refractivity contribution in [3.05, 3.63) is 71.8 Å². The van der Waals surface area contributed by atoms with E-state index in [2.05, 4.69) is 22.3 Å². The molecule has 1 N–H and O–H groups in total. The number of anilines is 2. The fourth-order valence-corrected chi connectivity index (χ4v) is 3.28. The number of ketones is 1. The number of nitrogens with one attached hydrogen (secondary N) is 1. The first-order chi connectivity index (χ1) is 13.9. The first-order valence-electron chi connectivity index (χ1n) is 9.63. The molecule has 1 aliphatic heterocycles. The summed E-state index contributed by atoms with van der Waals surface area (Å²) in [5, 5.41) is 2.72. The third-order valence-corrected chi connectivity index (χ3v) is 4.93. The molecule has 2 aromatic rings. The molecule has 0 spiro atoms. The van der Waals surface area contributed by atoms with Crippen LogP contribution >= 0.6 is 0 Å². The van der Waals surface area contributed by atoms with E-state index in [1.165, 1.54) is 13.0 Å². The Morgan fingerprint density at radius 3 is 2.07 bits per heavy atom. The highest BCUT2D eigenvalue weighted by molar-refractivity contribution is 6.06. The second-order valence-corrected chi connectivity index (χ2v) is 7.06. The molecule has 1 saturated heterocycles. The lowest BCUT2D eigenvalue weighted by Gasteiger charge is -2.36. The predicted molar refractivity (Wildman–Crippen MR) is 114 cm³/mol. The smallest absolute Gasteiger partial charge is 0.249 e. The molecule has 6 heteroatoms. The number of amides is 2. The highest BCUT2D eigenvalue weighted by atomic mass is 16.2. The molecule has 0 bridgehead atoms. The van der Waals surface area contributed by atoms with Gasteiger partial charge in [-0.2, -0.15) is 0 Å². The number of carbonyl (C=O) groups is 3. The van der Waals surface area contributed by atoms with Crippen molar-refractivity contribution in [3.8, 4) is 0 Å². The van der Waals surface area contributed by atoms with E-state index in [4.69, 9.17) is 0 Å². The van der Waals surface area contributed by atoms with Gasteiger partial charge in [0.1, 0.15) is 0 Å². The number of Topliss-reactive ketones (excluding diaryl/α,β-unsaturated/α-hetero) is 1. The van der Waals surface area contributed by atoms with Crippen molar-refractivity contribution in [1.82, 2.24) is 4.90 Å². The molecule has 1 aliphatic rings. The van der Waals surface area contributed by atoms with Crippen LogP contribution in [0.4, 0.5) is 11.4 Å². The molecular formula is C23H25N3O3. The van der Waals surface area contributed by atoms with E-state index in [0.29, 0.717) is 29.9 Å². The Balaban J connectivity index is 1.54. The molecule has 1 fully saturated rings. The van der Waals surface area contributed by atoms with Gasteiger partial charge in [0.15, 0.2) is 5.78 Å². The largest absolute Gasteiger partial charge is 0.368 e. The normalized spacial score (nSPS) is 14.5. The van der Waals surface area contributed by atoms with Gasteiger partial charge in [0, 0.05) is 54.8 Å². The monoisotopic (exact) mass is 391 g/mol. The van der Waals surface area contributed by atoms with Gasteiger partial charge in [-0.3, -0.25) is 14.4 Å². The maximum atomic E-state index is 12.7. The van der Waals surface area contributed by atoms with Crippen molar-refractivity contribution in [2.45, 2.75) is 13.8 Å². The molecule has 0 aliphatic carbocycles. The number of hydrogen-bond donors (Lipinski definition) is 1. The summed E-state index contributed by atoms with van der Waals surface area (Å²) < 4.78 is 0. The molecule has 0 radical (unpaired) electrons. The standard InChI is InChI=1S/C23H25N3O3/c1-17(16-22(28)24-20-10-8-19(9-11-20)18(2)27)23(29)26-14-12-25(13-15-26)21-6-4-3-5-7-21/h3-11,16H,12-15H2,1-2H3,(H,24,28)/b17-16-. The molecule has 2 aromatic carbocycles. The highest BCUT2D eigenvalue weighted by Crippen LogP contribution is 2.17. The molecule has 6 nitrogen and oxygen atoms in total. The van der Waals surface area contributed by atoms with Gasteiger partial charge in [-0.25, -0.2) is 0 Å². The lowest BCUT2D eigenvalue weighted by molar-refractivity contribution is -0.127.